The van der Waals surface area contributed by atoms with Gasteiger partial charge in [0.2, 0.25) is 5.95 Å². The molecule has 0 unspecified atom stereocenters. The largest absolute Gasteiger partial charge is 0.278 e. The summed E-state index contributed by atoms with van der Waals surface area (Å²) < 4.78 is 2.22. The Morgan fingerprint density at radius 3 is 1.42 bits per heavy atom. The summed E-state index contributed by atoms with van der Waals surface area (Å²) in [5.74, 6) is 1.80. The number of nitrogens with zero attached hydrogens (tertiary/aromatic N) is 4. The minimum atomic E-state index is 0.566. The van der Waals surface area contributed by atoms with Gasteiger partial charge in [0.25, 0.3) is 0 Å². The summed E-state index contributed by atoms with van der Waals surface area (Å²) in [6.45, 7) is 0. The normalized spacial score (nSPS) is 11.3. The Kier molecular flexibility index (Phi) is 8.12. The quantitative estimate of drug-likeness (QED) is 0.166. The summed E-state index contributed by atoms with van der Waals surface area (Å²) in [5, 5.41) is 2.29. The number of aromatic nitrogens is 4. The van der Waals surface area contributed by atoms with Crippen LogP contribution in [0, 0.1) is 0 Å². The van der Waals surface area contributed by atoms with E-state index in [1.807, 2.05) is 24.3 Å². The van der Waals surface area contributed by atoms with Crippen LogP contribution < -0.4 is 0 Å². The lowest BCUT2D eigenvalue weighted by Crippen LogP contribution is -2.06. The third kappa shape index (κ3) is 6.06. The number of hydrogen-bond donors (Lipinski definition) is 0. The first-order chi connectivity index (χ1) is 27.3. The average Bonchev–Trinajstić information content (AvgIpc) is 3.61. The van der Waals surface area contributed by atoms with Crippen molar-refractivity contribution in [3.63, 3.8) is 0 Å². The molecule has 0 saturated heterocycles. The van der Waals surface area contributed by atoms with Crippen LogP contribution in [0.2, 0.25) is 0 Å². The van der Waals surface area contributed by atoms with Gasteiger partial charge in [0.15, 0.2) is 11.6 Å². The molecule has 0 saturated carbocycles. The van der Waals surface area contributed by atoms with Crippen molar-refractivity contribution < 1.29 is 0 Å². The summed E-state index contributed by atoms with van der Waals surface area (Å²) in [4.78, 5) is 15.6. The van der Waals surface area contributed by atoms with Crippen molar-refractivity contribution >= 4 is 21.8 Å². The standard InChI is InChI=1S/C51H34N4/c1-5-16-35(17-6-1)37-28-30-38(31-29-37)43-33-45(39-20-9-3-10-21-39)48-44-26-13-14-27-46(44)55(47(48)34-43)51-53-49(40-22-11-4-12-23-40)52-50(54-51)42-25-15-24-41(32-42)36-18-7-2-8-19-36/h1-34H. The van der Waals surface area contributed by atoms with E-state index in [1.54, 1.807) is 0 Å². The molecule has 0 aliphatic carbocycles. The zero-order valence-corrected chi connectivity index (χ0v) is 29.9. The molecular formula is C51H34N4. The van der Waals surface area contributed by atoms with Crippen LogP contribution in [-0.4, -0.2) is 19.5 Å². The second-order valence-electron chi connectivity index (χ2n) is 13.7. The van der Waals surface area contributed by atoms with Gasteiger partial charge in [-0.2, -0.15) is 9.97 Å². The SMILES string of the molecule is c1ccc(-c2ccc(-c3cc(-c4ccccc4)c4c5ccccc5n(-c5nc(-c6ccccc6)nc(-c6cccc(-c7ccccc7)c6)n5)c4c3)cc2)cc1. The molecule has 10 rings (SSSR count). The zero-order chi connectivity index (χ0) is 36.6. The van der Waals surface area contributed by atoms with Crippen LogP contribution >= 0.6 is 0 Å². The van der Waals surface area contributed by atoms with Crippen LogP contribution in [0.25, 0.3) is 95.0 Å². The Morgan fingerprint density at radius 2 is 0.764 bits per heavy atom. The van der Waals surface area contributed by atoms with Gasteiger partial charge in [0.05, 0.1) is 11.0 Å². The Bertz CT molecular complexity index is 2940. The van der Waals surface area contributed by atoms with Crippen LogP contribution in [0.15, 0.2) is 206 Å². The van der Waals surface area contributed by atoms with E-state index in [1.165, 1.54) is 11.1 Å². The molecule has 0 fully saturated rings. The van der Waals surface area contributed by atoms with E-state index in [2.05, 4.69) is 187 Å². The fraction of sp³-hybridized carbons (Fsp3) is 0. The fourth-order valence-electron chi connectivity index (χ4n) is 7.59. The predicted molar refractivity (Wildman–Crippen MR) is 227 cm³/mol. The van der Waals surface area contributed by atoms with Crippen molar-refractivity contribution in [3.8, 4) is 73.2 Å². The Balaban J connectivity index is 1.23. The molecule has 2 aromatic heterocycles. The Morgan fingerprint density at radius 1 is 0.291 bits per heavy atom. The molecule has 0 amide bonds. The highest BCUT2D eigenvalue weighted by atomic mass is 15.2. The van der Waals surface area contributed by atoms with Crippen molar-refractivity contribution in [1.29, 1.82) is 0 Å². The summed E-state index contributed by atoms with van der Waals surface area (Å²) in [6, 6.07) is 72.3. The lowest BCUT2D eigenvalue weighted by atomic mass is 9.93. The molecule has 0 radical (unpaired) electrons. The highest BCUT2D eigenvalue weighted by Crippen LogP contribution is 2.42. The number of para-hydroxylation sites is 1. The molecule has 0 N–H and O–H groups in total. The highest BCUT2D eigenvalue weighted by Gasteiger charge is 2.21. The molecule has 55 heavy (non-hydrogen) atoms. The first kappa shape index (κ1) is 32.2. The van der Waals surface area contributed by atoms with E-state index in [9.17, 15) is 0 Å². The molecule has 4 nitrogen and oxygen atoms in total. The van der Waals surface area contributed by atoms with Crippen molar-refractivity contribution in [2.45, 2.75) is 0 Å². The molecule has 0 aliphatic rings. The zero-order valence-electron chi connectivity index (χ0n) is 29.9. The molecule has 258 valence electrons. The molecule has 8 aromatic carbocycles. The first-order valence-corrected chi connectivity index (χ1v) is 18.5. The third-order valence-electron chi connectivity index (χ3n) is 10.3. The molecule has 0 spiro atoms. The topological polar surface area (TPSA) is 43.6 Å². The molecule has 0 aliphatic heterocycles. The van der Waals surface area contributed by atoms with Gasteiger partial charge in [-0.05, 0) is 68.8 Å². The van der Waals surface area contributed by atoms with E-state index >= 15 is 0 Å². The second kappa shape index (κ2) is 13.8. The molecule has 2 heterocycles. The van der Waals surface area contributed by atoms with E-state index in [0.29, 0.717) is 17.6 Å². The summed E-state index contributed by atoms with van der Waals surface area (Å²) >= 11 is 0. The number of benzene rings is 8. The maximum absolute atomic E-state index is 5.30. The number of rotatable bonds is 7. The lowest BCUT2D eigenvalue weighted by molar-refractivity contribution is 0.953. The number of fused-ring (bicyclic) bond motifs is 3. The average molecular weight is 703 g/mol. The van der Waals surface area contributed by atoms with Crippen molar-refractivity contribution in [2.75, 3.05) is 0 Å². The van der Waals surface area contributed by atoms with Gasteiger partial charge < -0.3 is 0 Å². The predicted octanol–water partition coefficient (Wildman–Crippen LogP) is 13.0. The van der Waals surface area contributed by atoms with Gasteiger partial charge in [-0.15, -0.1) is 0 Å². The smallest absolute Gasteiger partial charge is 0.238 e. The van der Waals surface area contributed by atoms with E-state index in [0.717, 1.165) is 66.3 Å². The van der Waals surface area contributed by atoms with Gasteiger partial charge in [-0.3, -0.25) is 4.57 Å². The summed E-state index contributed by atoms with van der Waals surface area (Å²) in [5.41, 5.74) is 13.1. The van der Waals surface area contributed by atoms with Crippen LogP contribution in [0.1, 0.15) is 0 Å². The lowest BCUT2D eigenvalue weighted by Gasteiger charge is -2.13. The monoisotopic (exact) mass is 702 g/mol. The van der Waals surface area contributed by atoms with Crippen molar-refractivity contribution in [3.05, 3.63) is 206 Å². The van der Waals surface area contributed by atoms with Crippen molar-refractivity contribution in [1.82, 2.24) is 19.5 Å². The minimum Gasteiger partial charge on any atom is -0.278 e. The molecule has 0 atom stereocenters. The van der Waals surface area contributed by atoms with Gasteiger partial charge in [0, 0.05) is 21.9 Å². The molecule has 0 bridgehead atoms. The fourth-order valence-corrected chi connectivity index (χ4v) is 7.59. The van der Waals surface area contributed by atoms with Gasteiger partial charge in [0.1, 0.15) is 0 Å². The number of hydrogen-bond acceptors (Lipinski definition) is 3. The molecule has 4 heteroatoms. The first-order valence-electron chi connectivity index (χ1n) is 18.5. The van der Waals surface area contributed by atoms with Crippen LogP contribution in [-0.2, 0) is 0 Å². The maximum atomic E-state index is 5.30. The molecule has 10 aromatic rings. The highest BCUT2D eigenvalue weighted by molar-refractivity contribution is 6.16. The van der Waals surface area contributed by atoms with Gasteiger partial charge in [-0.25, -0.2) is 4.98 Å². The van der Waals surface area contributed by atoms with Crippen LogP contribution in [0.3, 0.4) is 0 Å². The third-order valence-corrected chi connectivity index (χ3v) is 10.3. The van der Waals surface area contributed by atoms with E-state index in [4.69, 9.17) is 15.0 Å². The van der Waals surface area contributed by atoms with Crippen LogP contribution in [0.4, 0.5) is 0 Å². The minimum absolute atomic E-state index is 0.566. The van der Waals surface area contributed by atoms with Gasteiger partial charge in [-0.1, -0.05) is 182 Å². The van der Waals surface area contributed by atoms with Gasteiger partial charge >= 0.3 is 0 Å². The Hall–Kier alpha value is -7.43. The second-order valence-corrected chi connectivity index (χ2v) is 13.7. The summed E-state index contributed by atoms with van der Waals surface area (Å²) in [6.07, 6.45) is 0. The Labute approximate surface area is 319 Å². The van der Waals surface area contributed by atoms with E-state index in [-0.39, 0.29) is 0 Å². The van der Waals surface area contributed by atoms with Crippen molar-refractivity contribution in [2.24, 2.45) is 0 Å². The van der Waals surface area contributed by atoms with Crippen LogP contribution in [0.5, 0.6) is 0 Å². The summed E-state index contributed by atoms with van der Waals surface area (Å²) in [7, 11) is 0. The van der Waals surface area contributed by atoms with E-state index < -0.39 is 0 Å². The molecular weight excluding hydrogens is 669 g/mol. The maximum Gasteiger partial charge on any atom is 0.238 e.